The Bertz CT molecular complexity index is 682. The highest BCUT2D eigenvalue weighted by Gasteiger charge is 2.32. The van der Waals surface area contributed by atoms with Gasteiger partial charge >= 0.3 is 5.97 Å². The molecule has 2 amide bonds. The number of halogens is 1. The minimum absolute atomic E-state index is 0.0308. The molecule has 108 valence electrons. The molecule has 1 N–H and O–H groups in total. The second kappa shape index (κ2) is 5.65. The van der Waals surface area contributed by atoms with Gasteiger partial charge in [-0.05, 0) is 64.3 Å². The second-order valence-electron chi connectivity index (χ2n) is 4.74. The SMILES string of the molecule is O=C1NC(=O)/C(=C/c2ccc(OC(=O)C3CC3)c(Br)c2)S1. The van der Waals surface area contributed by atoms with Gasteiger partial charge in [0.05, 0.1) is 15.3 Å². The lowest BCUT2D eigenvalue weighted by Gasteiger charge is -2.06. The van der Waals surface area contributed by atoms with Gasteiger partial charge in [0, 0.05) is 0 Å². The van der Waals surface area contributed by atoms with E-state index in [0.717, 1.165) is 30.2 Å². The average Bonchev–Trinajstić information content (AvgIpc) is 3.21. The number of carbonyl (C=O) groups is 3. The number of ether oxygens (including phenoxy) is 1. The summed E-state index contributed by atoms with van der Waals surface area (Å²) in [5.74, 6) is -0.125. The predicted octanol–water partition coefficient (Wildman–Crippen LogP) is 3.09. The van der Waals surface area contributed by atoms with Crippen molar-refractivity contribution in [2.24, 2.45) is 5.92 Å². The van der Waals surface area contributed by atoms with Crippen molar-refractivity contribution in [3.05, 3.63) is 33.1 Å². The molecule has 2 aliphatic rings. The molecule has 0 atom stereocenters. The van der Waals surface area contributed by atoms with Crippen molar-refractivity contribution in [1.29, 1.82) is 0 Å². The normalized spacial score (nSPS) is 19.8. The standard InChI is InChI=1S/C14H10BrNO4S/c15-9-5-7(6-11-12(17)16-14(19)21-11)1-4-10(9)20-13(18)8-2-3-8/h1,4-6,8H,2-3H2,(H,16,17,19)/b11-6-. The van der Waals surface area contributed by atoms with Crippen LogP contribution in [0.15, 0.2) is 27.6 Å². The Balaban J connectivity index is 1.77. The first-order valence-corrected chi connectivity index (χ1v) is 7.90. The Morgan fingerprint density at radius 3 is 2.71 bits per heavy atom. The van der Waals surface area contributed by atoms with Crippen LogP contribution < -0.4 is 10.1 Å². The van der Waals surface area contributed by atoms with E-state index in [-0.39, 0.29) is 17.1 Å². The van der Waals surface area contributed by atoms with Crippen LogP contribution in [0.1, 0.15) is 18.4 Å². The van der Waals surface area contributed by atoms with Crippen molar-refractivity contribution in [2.45, 2.75) is 12.8 Å². The third-order valence-electron chi connectivity index (χ3n) is 3.02. The van der Waals surface area contributed by atoms with Crippen LogP contribution >= 0.6 is 27.7 Å². The number of amides is 2. The zero-order valence-electron chi connectivity index (χ0n) is 10.7. The van der Waals surface area contributed by atoms with Crippen molar-refractivity contribution in [3.8, 4) is 5.75 Å². The Morgan fingerprint density at radius 1 is 1.38 bits per heavy atom. The summed E-state index contributed by atoms with van der Waals surface area (Å²) < 4.78 is 5.91. The highest BCUT2D eigenvalue weighted by molar-refractivity contribution is 9.10. The Kier molecular flexibility index (Phi) is 3.86. The minimum atomic E-state index is -0.398. The number of hydrogen-bond acceptors (Lipinski definition) is 5. The summed E-state index contributed by atoms with van der Waals surface area (Å²) >= 11 is 4.20. The molecular formula is C14H10BrNO4S. The number of esters is 1. The van der Waals surface area contributed by atoms with E-state index in [1.807, 2.05) is 0 Å². The topological polar surface area (TPSA) is 72.5 Å². The fourth-order valence-corrected chi connectivity index (χ4v) is 2.93. The molecule has 0 unspecified atom stereocenters. The van der Waals surface area contributed by atoms with Crippen LogP contribution in [0.25, 0.3) is 6.08 Å². The number of nitrogens with one attached hydrogen (secondary N) is 1. The molecule has 0 radical (unpaired) electrons. The fourth-order valence-electron chi connectivity index (χ4n) is 1.77. The molecule has 7 heteroatoms. The van der Waals surface area contributed by atoms with Crippen molar-refractivity contribution in [3.63, 3.8) is 0 Å². The second-order valence-corrected chi connectivity index (χ2v) is 6.61. The number of imide groups is 1. The van der Waals surface area contributed by atoms with Gasteiger partial charge in [0.1, 0.15) is 5.75 Å². The van der Waals surface area contributed by atoms with Gasteiger partial charge in [-0.1, -0.05) is 6.07 Å². The molecule has 1 saturated carbocycles. The molecule has 1 aromatic carbocycles. The van der Waals surface area contributed by atoms with E-state index < -0.39 is 5.91 Å². The molecule has 0 aromatic heterocycles. The van der Waals surface area contributed by atoms with Crippen molar-refractivity contribution in [1.82, 2.24) is 5.32 Å². The van der Waals surface area contributed by atoms with Gasteiger partial charge in [0.25, 0.3) is 11.1 Å². The van der Waals surface area contributed by atoms with Crippen molar-refractivity contribution >= 4 is 50.9 Å². The molecular weight excluding hydrogens is 358 g/mol. The zero-order chi connectivity index (χ0) is 15.0. The molecule has 1 aliphatic heterocycles. The van der Waals surface area contributed by atoms with Gasteiger partial charge < -0.3 is 4.74 Å². The monoisotopic (exact) mass is 367 g/mol. The zero-order valence-corrected chi connectivity index (χ0v) is 13.1. The smallest absolute Gasteiger partial charge is 0.314 e. The van der Waals surface area contributed by atoms with Gasteiger partial charge in [0.2, 0.25) is 0 Å². The molecule has 21 heavy (non-hydrogen) atoms. The maximum Gasteiger partial charge on any atom is 0.314 e. The highest BCUT2D eigenvalue weighted by atomic mass is 79.9. The summed E-state index contributed by atoms with van der Waals surface area (Å²) in [6, 6.07) is 5.12. The number of carbonyl (C=O) groups excluding carboxylic acids is 3. The summed E-state index contributed by atoms with van der Waals surface area (Å²) in [5, 5.41) is 1.82. The molecule has 0 spiro atoms. The van der Waals surface area contributed by atoms with Gasteiger partial charge in [-0.3, -0.25) is 19.7 Å². The number of hydrogen-bond donors (Lipinski definition) is 1. The van der Waals surface area contributed by atoms with E-state index in [1.165, 1.54) is 0 Å². The van der Waals surface area contributed by atoms with Crippen molar-refractivity contribution in [2.75, 3.05) is 0 Å². The molecule has 1 heterocycles. The average molecular weight is 368 g/mol. The van der Waals surface area contributed by atoms with Gasteiger partial charge in [-0.25, -0.2) is 0 Å². The first-order valence-electron chi connectivity index (χ1n) is 6.29. The van der Waals surface area contributed by atoms with E-state index in [1.54, 1.807) is 24.3 Å². The molecule has 2 fully saturated rings. The third-order valence-corrected chi connectivity index (χ3v) is 4.45. The van der Waals surface area contributed by atoms with Crippen LogP contribution in [-0.2, 0) is 9.59 Å². The fraction of sp³-hybridized carbons (Fsp3) is 0.214. The third kappa shape index (κ3) is 3.36. The summed E-state index contributed by atoms with van der Waals surface area (Å²) in [4.78, 5) is 34.5. The summed E-state index contributed by atoms with van der Waals surface area (Å²) in [6.45, 7) is 0. The minimum Gasteiger partial charge on any atom is -0.425 e. The molecule has 1 aliphatic carbocycles. The Labute approximate surface area is 133 Å². The maximum absolute atomic E-state index is 11.6. The summed E-state index contributed by atoms with van der Waals surface area (Å²) in [5.41, 5.74) is 0.737. The first-order chi connectivity index (χ1) is 10.0. The number of rotatable bonds is 3. The molecule has 0 bridgehead atoms. The van der Waals surface area contributed by atoms with Gasteiger partial charge in [-0.15, -0.1) is 0 Å². The summed E-state index contributed by atoms with van der Waals surface area (Å²) in [7, 11) is 0. The Morgan fingerprint density at radius 2 is 2.14 bits per heavy atom. The van der Waals surface area contributed by atoms with Crippen LogP contribution in [0.5, 0.6) is 5.75 Å². The van der Waals surface area contributed by atoms with Crippen LogP contribution in [0.3, 0.4) is 0 Å². The first kappa shape index (κ1) is 14.3. The van der Waals surface area contributed by atoms with E-state index in [2.05, 4.69) is 21.2 Å². The summed E-state index contributed by atoms with van der Waals surface area (Å²) in [6.07, 6.45) is 3.39. The van der Waals surface area contributed by atoms with Crippen molar-refractivity contribution < 1.29 is 19.1 Å². The molecule has 5 nitrogen and oxygen atoms in total. The molecule has 1 aromatic rings. The quantitative estimate of drug-likeness (QED) is 0.504. The lowest BCUT2D eigenvalue weighted by molar-refractivity contribution is -0.135. The lowest BCUT2D eigenvalue weighted by atomic mass is 10.2. The van der Waals surface area contributed by atoms with E-state index in [0.29, 0.717) is 15.1 Å². The highest BCUT2D eigenvalue weighted by Crippen LogP contribution is 2.34. The van der Waals surface area contributed by atoms with Gasteiger partial charge in [-0.2, -0.15) is 0 Å². The lowest BCUT2D eigenvalue weighted by Crippen LogP contribution is -2.17. The van der Waals surface area contributed by atoms with Crippen LogP contribution in [0, 0.1) is 5.92 Å². The molecule has 3 rings (SSSR count). The van der Waals surface area contributed by atoms with E-state index >= 15 is 0 Å². The Hall–Kier alpha value is -1.60. The number of thioether (sulfide) groups is 1. The van der Waals surface area contributed by atoms with Crippen LogP contribution in [-0.4, -0.2) is 17.1 Å². The number of benzene rings is 1. The maximum atomic E-state index is 11.6. The predicted molar refractivity (Wildman–Crippen MR) is 81.6 cm³/mol. The van der Waals surface area contributed by atoms with E-state index in [4.69, 9.17) is 4.74 Å². The van der Waals surface area contributed by atoms with Crippen LogP contribution in [0.4, 0.5) is 4.79 Å². The van der Waals surface area contributed by atoms with Crippen LogP contribution in [0.2, 0.25) is 0 Å². The largest absolute Gasteiger partial charge is 0.425 e. The van der Waals surface area contributed by atoms with E-state index in [9.17, 15) is 14.4 Å². The molecule has 1 saturated heterocycles. The van der Waals surface area contributed by atoms with Gasteiger partial charge in [0.15, 0.2) is 0 Å².